The lowest BCUT2D eigenvalue weighted by atomic mass is 9.99. The molecule has 132 valence electrons. The molecule has 0 atom stereocenters. The average molecular weight is 387 g/mol. The normalized spacial score (nSPS) is 11.0. The van der Waals surface area contributed by atoms with Crippen LogP contribution in [0.5, 0.6) is 0 Å². The first-order chi connectivity index (χ1) is 12.6. The maximum absolute atomic E-state index is 11.7. The Labute approximate surface area is 161 Å². The van der Waals surface area contributed by atoms with Gasteiger partial charge in [-0.1, -0.05) is 47.5 Å². The second-order valence-electron chi connectivity index (χ2n) is 5.42. The minimum Gasteiger partial charge on any atom is -0.463 e. The molecule has 2 aromatic carbocycles. The Kier molecular flexibility index (Phi) is 5.76. The summed E-state index contributed by atoms with van der Waals surface area (Å²) in [5.41, 5.74) is 3.43. The Morgan fingerprint density at radius 2 is 2.08 bits per heavy atom. The van der Waals surface area contributed by atoms with E-state index in [0.29, 0.717) is 16.7 Å². The van der Waals surface area contributed by atoms with E-state index >= 15 is 0 Å². The zero-order valence-electron chi connectivity index (χ0n) is 14.0. The van der Waals surface area contributed by atoms with Crippen molar-refractivity contribution in [3.63, 3.8) is 0 Å². The Balaban J connectivity index is 2.16. The molecule has 0 amide bonds. The molecule has 0 aliphatic heterocycles. The number of imidazole rings is 1. The summed E-state index contributed by atoms with van der Waals surface area (Å²) in [5.74, 6) is -0.390. The molecule has 0 aliphatic carbocycles. The van der Waals surface area contributed by atoms with Gasteiger partial charge < -0.3 is 9.30 Å². The molecule has 0 bridgehead atoms. The van der Waals surface area contributed by atoms with Crippen LogP contribution in [0.1, 0.15) is 12.5 Å². The van der Waals surface area contributed by atoms with E-state index < -0.39 is 0 Å². The second-order valence-corrected chi connectivity index (χ2v) is 6.27. The molecule has 26 heavy (non-hydrogen) atoms. The number of esters is 1. The fourth-order valence-electron chi connectivity index (χ4n) is 2.65. The lowest BCUT2D eigenvalue weighted by Crippen LogP contribution is -2.01. The second kappa shape index (κ2) is 8.21. The summed E-state index contributed by atoms with van der Waals surface area (Å²) in [4.78, 5) is 15.8. The van der Waals surface area contributed by atoms with Crippen LogP contribution in [0.2, 0.25) is 10.0 Å². The molecule has 1 aromatic heterocycles. The van der Waals surface area contributed by atoms with Crippen molar-refractivity contribution in [3.05, 3.63) is 76.8 Å². The number of benzene rings is 2. The number of para-hydroxylation sites is 1. The lowest BCUT2D eigenvalue weighted by molar-refractivity contribution is -0.137. The fourth-order valence-corrected chi connectivity index (χ4v) is 3.16. The van der Waals surface area contributed by atoms with E-state index in [4.69, 9.17) is 27.9 Å². The highest BCUT2D eigenvalue weighted by molar-refractivity contribution is 6.36. The molecular formula is C20H16Cl2N2O2. The standard InChI is InChI=1S/C20H16Cl2N2O2/c1-2-26-19(25)9-6-14-4-3-5-17(20(14)24-11-10-23-13-24)16-8-7-15(21)12-18(16)22/h3-13H,2H2,1H3. The molecule has 0 unspecified atom stereocenters. The quantitative estimate of drug-likeness (QED) is 0.434. The van der Waals surface area contributed by atoms with E-state index in [1.54, 1.807) is 37.7 Å². The van der Waals surface area contributed by atoms with Crippen LogP contribution < -0.4 is 0 Å². The highest BCUT2D eigenvalue weighted by Gasteiger charge is 2.14. The van der Waals surface area contributed by atoms with Crippen LogP contribution in [0.15, 0.2) is 61.2 Å². The maximum Gasteiger partial charge on any atom is 0.330 e. The van der Waals surface area contributed by atoms with Gasteiger partial charge in [0.05, 0.1) is 18.6 Å². The highest BCUT2D eigenvalue weighted by Crippen LogP contribution is 2.36. The molecule has 6 heteroatoms. The van der Waals surface area contributed by atoms with E-state index in [-0.39, 0.29) is 5.97 Å². The van der Waals surface area contributed by atoms with E-state index in [1.165, 1.54) is 6.08 Å². The molecule has 3 aromatic rings. The van der Waals surface area contributed by atoms with Gasteiger partial charge in [-0.3, -0.25) is 0 Å². The van der Waals surface area contributed by atoms with Crippen molar-refractivity contribution in [2.45, 2.75) is 6.92 Å². The summed E-state index contributed by atoms with van der Waals surface area (Å²) in [5, 5.41) is 1.12. The van der Waals surface area contributed by atoms with Crippen LogP contribution in [0.25, 0.3) is 22.9 Å². The SMILES string of the molecule is CCOC(=O)C=Cc1cccc(-c2ccc(Cl)cc2Cl)c1-n1ccnc1. The van der Waals surface area contributed by atoms with Crippen LogP contribution in [-0.4, -0.2) is 22.1 Å². The molecule has 1 heterocycles. The van der Waals surface area contributed by atoms with Crippen LogP contribution in [-0.2, 0) is 9.53 Å². The van der Waals surface area contributed by atoms with Gasteiger partial charge in [0.2, 0.25) is 0 Å². The first-order valence-electron chi connectivity index (χ1n) is 8.01. The van der Waals surface area contributed by atoms with Gasteiger partial charge in [0, 0.05) is 39.6 Å². The van der Waals surface area contributed by atoms with E-state index in [0.717, 1.165) is 22.4 Å². The van der Waals surface area contributed by atoms with Gasteiger partial charge in [-0.2, -0.15) is 0 Å². The minimum absolute atomic E-state index is 0.331. The third-order valence-corrected chi connectivity index (χ3v) is 4.28. The van der Waals surface area contributed by atoms with Crippen LogP contribution in [0.4, 0.5) is 0 Å². The summed E-state index contributed by atoms with van der Waals surface area (Å²) < 4.78 is 6.84. The summed E-state index contributed by atoms with van der Waals surface area (Å²) in [6.07, 6.45) is 8.36. The van der Waals surface area contributed by atoms with Gasteiger partial charge in [0.1, 0.15) is 0 Å². The third-order valence-electron chi connectivity index (χ3n) is 3.74. The molecule has 4 nitrogen and oxygen atoms in total. The number of nitrogens with zero attached hydrogens (tertiary/aromatic N) is 2. The lowest BCUT2D eigenvalue weighted by Gasteiger charge is -2.15. The van der Waals surface area contributed by atoms with Crippen molar-refractivity contribution in [3.8, 4) is 16.8 Å². The van der Waals surface area contributed by atoms with E-state index in [2.05, 4.69) is 4.98 Å². The molecule has 0 fully saturated rings. The van der Waals surface area contributed by atoms with Gasteiger partial charge in [0.25, 0.3) is 0 Å². The fraction of sp³-hybridized carbons (Fsp3) is 0.100. The first kappa shape index (κ1) is 18.2. The summed E-state index contributed by atoms with van der Waals surface area (Å²) in [6, 6.07) is 11.2. The number of hydrogen-bond donors (Lipinski definition) is 0. The maximum atomic E-state index is 11.7. The summed E-state index contributed by atoms with van der Waals surface area (Å²) >= 11 is 12.4. The Bertz CT molecular complexity index is 950. The number of carbonyl (C=O) groups is 1. The van der Waals surface area contributed by atoms with Gasteiger partial charge in [0.15, 0.2) is 0 Å². The van der Waals surface area contributed by atoms with Gasteiger partial charge in [-0.15, -0.1) is 0 Å². The highest BCUT2D eigenvalue weighted by atomic mass is 35.5. The Hall–Kier alpha value is -2.56. The van der Waals surface area contributed by atoms with Crippen molar-refractivity contribution in [1.29, 1.82) is 0 Å². The number of rotatable bonds is 5. The summed E-state index contributed by atoms with van der Waals surface area (Å²) in [6.45, 7) is 2.10. The molecule has 0 saturated heterocycles. The number of hydrogen-bond acceptors (Lipinski definition) is 3. The van der Waals surface area contributed by atoms with Crippen LogP contribution >= 0.6 is 23.2 Å². The summed E-state index contributed by atoms with van der Waals surface area (Å²) in [7, 11) is 0. The van der Waals surface area contributed by atoms with Crippen LogP contribution in [0.3, 0.4) is 0 Å². The average Bonchev–Trinajstić information content (AvgIpc) is 3.14. The predicted octanol–water partition coefficient (Wildman–Crippen LogP) is 5.42. The minimum atomic E-state index is -0.390. The number of aromatic nitrogens is 2. The third kappa shape index (κ3) is 3.98. The van der Waals surface area contributed by atoms with Gasteiger partial charge in [-0.25, -0.2) is 9.78 Å². The van der Waals surface area contributed by atoms with Crippen molar-refractivity contribution >= 4 is 35.2 Å². The van der Waals surface area contributed by atoms with Crippen molar-refractivity contribution < 1.29 is 9.53 Å². The zero-order chi connectivity index (χ0) is 18.5. The smallest absolute Gasteiger partial charge is 0.330 e. The number of carbonyl (C=O) groups excluding carboxylic acids is 1. The molecule has 0 saturated carbocycles. The van der Waals surface area contributed by atoms with Gasteiger partial charge in [-0.05, 0) is 30.7 Å². The Morgan fingerprint density at radius 1 is 1.23 bits per heavy atom. The predicted molar refractivity (Wildman–Crippen MR) is 105 cm³/mol. The monoisotopic (exact) mass is 386 g/mol. The first-order valence-corrected chi connectivity index (χ1v) is 8.77. The molecule has 3 rings (SSSR count). The van der Waals surface area contributed by atoms with Crippen molar-refractivity contribution in [2.24, 2.45) is 0 Å². The molecule has 0 radical (unpaired) electrons. The van der Waals surface area contributed by atoms with E-state index in [9.17, 15) is 4.79 Å². The molecule has 0 aliphatic rings. The number of halogens is 2. The molecule has 0 spiro atoms. The Morgan fingerprint density at radius 3 is 2.77 bits per heavy atom. The topological polar surface area (TPSA) is 44.1 Å². The molecule has 0 N–H and O–H groups in total. The number of ether oxygens (including phenoxy) is 1. The largest absolute Gasteiger partial charge is 0.463 e. The zero-order valence-corrected chi connectivity index (χ0v) is 15.5. The van der Waals surface area contributed by atoms with Crippen molar-refractivity contribution in [2.75, 3.05) is 6.61 Å². The van der Waals surface area contributed by atoms with Crippen LogP contribution in [0, 0.1) is 0 Å². The van der Waals surface area contributed by atoms with E-state index in [1.807, 2.05) is 35.0 Å². The van der Waals surface area contributed by atoms with Crippen molar-refractivity contribution in [1.82, 2.24) is 9.55 Å². The molecular weight excluding hydrogens is 371 g/mol. The van der Waals surface area contributed by atoms with Gasteiger partial charge >= 0.3 is 5.97 Å².